The molecule has 0 radical (unpaired) electrons. The molecule has 24 heavy (non-hydrogen) atoms. The lowest BCUT2D eigenvalue weighted by atomic mass is 9.91. The SMILES string of the molecule is COc1ccc(C)cc1C(C)NC(=O)N1CC(C)CC(C(=O)O)C1. The van der Waals surface area contributed by atoms with Gasteiger partial charge in [0.05, 0.1) is 19.1 Å². The standard InChI is InChI=1S/C18H26N2O4/c1-11-5-6-16(24-4)15(8-11)13(3)19-18(23)20-9-12(2)7-14(10-20)17(21)22/h5-6,8,12-14H,7,9-10H2,1-4H3,(H,19,23)(H,21,22). The molecule has 1 aromatic rings. The zero-order valence-corrected chi connectivity index (χ0v) is 14.7. The molecule has 6 nitrogen and oxygen atoms in total. The lowest BCUT2D eigenvalue weighted by molar-refractivity contribution is -0.143. The molecular formula is C18H26N2O4. The fraction of sp³-hybridized carbons (Fsp3) is 0.556. The number of hydrogen-bond donors (Lipinski definition) is 2. The Morgan fingerprint density at radius 3 is 2.71 bits per heavy atom. The average Bonchev–Trinajstić information content (AvgIpc) is 2.54. The van der Waals surface area contributed by atoms with Gasteiger partial charge in [0.15, 0.2) is 0 Å². The Kier molecular flexibility index (Phi) is 5.70. The van der Waals surface area contributed by atoms with Crippen molar-refractivity contribution in [2.45, 2.75) is 33.2 Å². The van der Waals surface area contributed by atoms with Crippen molar-refractivity contribution >= 4 is 12.0 Å². The van der Waals surface area contributed by atoms with Gasteiger partial charge in [-0.2, -0.15) is 0 Å². The van der Waals surface area contributed by atoms with Gasteiger partial charge in [0.2, 0.25) is 0 Å². The molecule has 0 aliphatic carbocycles. The molecule has 1 aromatic carbocycles. The van der Waals surface area contributed by atoms with E-state index in [1.807, 2.05) is 39.0 Å². The summed E-state index contributed by atoms with van der Waals surface area (Å²) in [6.45, 7) is 6.69. The van der Waals surface area contributed by atoms with E-state index in [1.165, 1.54) is 0 Å². The number of benzene rings is 1. The van der Waals surface area contributed by atoms with Gasteiger partial charge in [0.25, 0.3) is 0 Å². The molecule has 1 saturated heterocycles. The number of urea groups is 1. The number of nitrogens with zero attached hydrogens (tertiary/aromatic N) is 1. The van der Waals surface area contributed by atoms with Crippen molar-refractivity contribution in [3.8, 4) is 5.75 Å². The van der Waals surface area contributed by atoms with Gasteiger partial charge in [-0.25, -0.2) is 4.79 Å². The summed E-state index contributed by atoms with van der Waals surface area (Å²) in [6.07, 6.45) is 0.611. The molecule has 1 aliphatic heterocycles. The number of carbonyl (C=O) groups excluding carboxylic acids is 1. The highest BCUT2D eigenvalue weighted by atomic mass is 16.5. The van der Waals surface area contributed by atoms with Crippen LogP contribution in [0.5, 0.6) is 5.75 Å². The fourth-order valence-corrected chi connectivity index (χ4v) is 3.24. The fourth-order valence-electron chi connectivity index (χ4n) is 3.24. The number of aryl methyl sites for hydroxylation is 1. The number of likely N-dealkylation sites (tertiary alicyclic amines) is 1. The first kappa shape index (κ1) is 18.1. The second-order valence-electron chi connectivity index (χ2n) is 6.70. The van der Waals surface area contributed by atoms with Crippen LogP contribution in [0.2, 0.25) is 0 Å². The smallest absolute Gasteiger partial charge is 0.317 e. The molecule has 1 fully saturated rings. The monoisotopic (exact) mass is 334 g/mol. The van der Waals surface area contributed by atoms with E-state index in [-0.39, 0.29) is 24.5 Å². The largest absolute Gasteiger partial charge is 0.496 e. The number of aliphatic carboxylic acids is 1. The van der Waals surface area contributed by atoms with Crippen LogP contribution in [0.4, 0.5) is 4.79 Å². The van der Waals surface area contributed by atoms with Gasteiger partial charge < -0.3 is 20.1 Å². The molecule has 0 spiro atoms. The van der Waals surface area contributed by atoms with Crippen molar-refractivity contribution in [3.63, 3.8) is 0 Å². The molecule has 1 heterocycles. The first-order valence-corrected chi connectivity index (χ1v) is 8.24. The Balaban J connectivity index is 2.08. The highest BCUT2D eigenvalue weighted by molar-refractivity contribution is 5.77. The summed E-state index contributed by atoms with van der Waals surface area (Å²) in [5, 5.41) is 12.2. The molecule has 132 valence electrons. The Hall–Kier alpha value is -2.24. The predicted octanol–water partition coefficient (Wildman–Crippen LogP) is 2.82. The predicted molar refractivity (Wildman–Crippen MR) is 91.2 cm³/mol. The summed E-state index contributed by atoms with van der Waals surface area (Å²) in [7, 11) is 1.60. The third-order valence-corrected chi connectivity index (χ3v) is 4.49. The first-order chi connectivity index (χ1) is 11.3. The van der Waals surface area contributed by atoms with Crippen molar-refractivity contribution in [1.29, 1.82) is 0 Å². The van der Waals surface area contributed by atoms with E-state index in [4.69, 9.17) is 4.74 Å². The number of carbonyl (C=O) groups is 2. The van der Waals surface area contributed by atoms with Gasteiger partial charge in [-0.05, 0) is 32.3 Å². The van der Waals surface area contributed by atoms with E-state index in [9.17, 15) is 14.7 Å². The number of nitrogens with one attached hydrogen (secondary N) is 1. The Labute approximate surface area is 142 Å². The number of hydrogen-bond acceptors (Lipinski definition) is 3. The highest BCUT2D eigenvalue weighted by Crippen LogP contribution is 2.27. The summed E-state index contributed by atoms with van der Waals surface area (Å²) in [5.74, 6) is -0.436. The van der Waals surface area contributed by atoms with Gasteiger partial charge in [-0.3, -0.25) is 4.79 Å². The normalized spacial score (nSPS) is 21.9. The van der Waals surface area contributed by atoms with Crippen LogP contribution in [0.25, 0.3) is 0 Å². The van der Waals surface area contributed by atoms with E-state index in [1.54, 1.807) is 12.0 Å². The number of rotatable bonds is 4. The lowest BCUT2D eigenvalue weighted by Gasteiger charge is -2.35. The maximum Gasteiger partial charge on any atom is 0.317 e. The van der Waals surface area contributed by atoms with Crippen LogP contribution in [-0.2, 0) is 4.79 Å². The highest BCUT2D eigenvalue weighted by Gasteiger charge is 2.32. The molecule has 0 aromatic heterocycles. The van der Waals surface area contributed by atoms with Crippen molar-refractivity contribution in [1.82, 2.24) is 10.2 Å². The van der Waals surface area contributed by atoms with E-state index in [0.29, 0.717) is 13.0 Å². The van der Waals surface area contributed by atoms with Gasteiger partial charge in [0.1, 0.15) is 5.75 Å². The van der Waals surface area contributed by atoms with Crippen molar-refractivity contribution in [3.05, 3.63) is 29.3 Å². The summed E-state index contributed by atoms with van der Waals surface area (Å²) < 4.78 is 5.37. The molecule has 3 unspecified atom stereocenters. The van der Waals surface area contributed by atoms with Gasteiger partial charge in [-0.15, -0.1) is 0 Å². The second-order valence-corrected chi connectivity index (χ2v) is 6.70. The van der Waals surface area contributed by atoms with E-state index in [2.05, 4.69) is 5.32 Å². The molecule has 0 bridgehead atoms. The van der Waals surface area contributed by atoms with Gasteiger partial charge in [0, 0.05) is 18.7 Å². The zero-order valence-electron chi connectivity index (χ0n) is 14.7. The van der Waals surface area contributed by atoms with E-state index >= 15 is 0 Å². The van der Waals surface area contributed by atoms with Crippen LogP contribution >= 0.6 is 0 Å². The first-order valence-electron chi connectivity index (χ1n) is 8.24. The summed E-state index contributed by atoms with van der Waals surface area (Å²) >= 11 is 0. The van der Waals surface area contributed by atoms with Crippen LogP contribution in [-0.4, -0.2) is 42.2 Å². The number of carboxylic acid groups (broad SMARTS) is 1. The number of ether oxygens (including phenoxy) is 1. The third-order valence-electron chi connectivity index (χ3n) is 4.49. The number of carboxylic acids is 1. The maximum absolute atomic E-state index is 12.6. The number of piperidine rings is 1. The molecule has 3 atom stereocenters. The van der Waals surface area contributed by atoms with Crippen LogP contribution in [0.1, 0.15) is 37.4 Å². The minimum absolute atomic E-state index is 0.175. The van der Waals surface area contributed by atoms with Crippen LogP contribution in [0.15, 0.2) is 18.2 Å². The minimum atomic E-state index is -0.840. The molecule has 2 rings (SSSR count). The van der Waals surface area contributed by atoms with E-state index < -0.39 is 11.9 Å². The molecule has 2 N–H and O–H groups in total. The van der Waals surface area contributed by atoms with Gasteiger partial charge in [-0.1, -0.05) is 24.6 Å². The maximum atomic E-state index is 12.6. The number of methoxy groups -OCH3 is 1. The molecular weight excluding hydrogens is 308 g/mol. The Morgan fingerprint density at radius 1 is 1.38 bits per heavy atom. The minimum Gasteiger partial charge on any atom is -0.496 e. The molecule has 2 amide bonds. The average molecular weight is 334 g/mol. The zero-order chi connectivity index (χ0) is 17.9. The van der Waals surface area contributed by atoms with Crippen molar-refractivity contribution in [2.75, 3.05) is 20.2 Å². The van der Waals surface area contributed by atoms with Crippen LogP contribution in [0, 0.1) is 18.8 Å². The summed E-state index contributed by atoms with van der Waals surface area (Å²) in [6, 6.07) is 5.37. The van der Waals surface area contributed by atoms with Gasteiger partial charge >= 0.3 is 12.0 Å². The Morgan fingerprint density at radius 2 is 2.08 bits per heavy atom. The van der Waals surface area contributed by atoms with Crippen molar-refractivity contribution in [2.24, 2.45) is 11.8 Å². The molecule has 6 heteroatoms. The molecule has 0 saturated carbocycles. The lowest BCUT2D eigenvalue weighted by Crippen LogP contribution is -2.49. The number of amides is 2. The molecule has 1 aliphatic rings. The quantitative estimate of drug-likeness (QED) is 0.887. The Bertz CT molecular complexity index is 617. The van der Waals surface area contributed by atoms with Crippen LogP contribution in [0.3, 0.4) is 0 Å². The summed E-state index contributed by atoms with van der Waals surface area (Å²) in [4.78, 5) is 25.4. The topological polar surface area (TPSA) is 78.9 Å². The van der Waals surface area contributed by atoms with Crippen molar-refractivity contribution < 1.29 is 19.4 Å². The van der Waals surface area contributed by atoms with Crippen LogP contribution < -0.4 is 10.1 Å². The van der Waals surface area contributed by atoms with E-state index in [0.717, 1.165) is 16.9 Å². The third kappa shape index (κ3) is 4.19. The summed E-state index contributed by atoms with van der Waals surface area (Å²) in [5.41, 5.74) is 2.00. The second kappa shape index (κ2) is 7.55.